The molecule has 0 bridgehead atoms. The molecule has 19 heavy (non-hydrogen) atoms. The normalized spacial score (nSPS) is 26.2. The van der Waals surface area contributed by atoms with Crippen molar-refractivity contribution >= 4 is 12.0 Å². The first-order valence-corrected chi connectivity index (χ1v) is 7.39. The highest BCUT2D eigenvalue weighted by Gasteiger charge is 2.33. The average molecular weight is 268 g/mol. The minimum atomic E-state index is -0.896. The van der Waals surface area contributed by atoms with Gasteiger partial charge in [0.15, 0.2) is 0 Å². The van der Waals surface area contributed by atoms with Gasteiger partial charge in [0.25, 0.3) is 0 Å². The van der Waals surface area contributed by atoms with E-state index in [9.17, 15) is 14.7 Å². The van der Waals surface area contributed by atoms with Crippen LogP contribution in [0.15, 0.2) is 0 Å². The number of rotatable bonds is 3. The molecule has 2 atom stereocenters. The molecule has 2 N–H and O–H groups in total. The third-order valence-corrected chi connectivity index (χ3v) is 4.48. The van der Waals surface area contributed by atoms with E-state index in [1.165, 1.54) is 6.42 Å². The molecule has 2 rings (SSSR count). The van der Waals surface area contributed by atoms with Crippen LogP contribution in [0.3, 0.4) is 0 Å². The van der Waals surface area contributed by atoms with Crippen LogP contribution >= 0.6 is 0 Å². The number of nitrogens with zero attached hydrogens (tertiary/aromatic N) is 1. The second-order valence-corrected chi connectivity index (χ2v) is 5.85. The number of carbonyl (C=O) groups excluding carboxylic acids is 1. The quantitative estimate of drug-likeness (QED) is 0.824. The number of likely N-dealkylation sites (tertiary alicyclic amines) is 1. The van der Waals surface area contributed by atoms with Gasteiger partial charge in [-0.05, 0) is 38.5 Å². The Morgan fingerprint density at radius 3 is 2.37 bits per heavy atom. The van der Waals surface area contributed by atoms with Gasteiger partial charge in [0, 0.05) is 12.6 Å². The maximum Gasteiger partial charge on any atom is 0.326 e. The Hall–Kier alpha value is -1.26. The predicted octanol–water partition coefficient (Wildman–Crippen LogP) is 2.21. The number of hydrogen-bond acceptors (Lipinski definition) is 2. The molecule has 0 radical (unpaired) electrons. The minimum absolute atomic E-state index is 0.0908. The van der Waals surface area contributed by atoms with Crippen LogP contribution in [0.1, 0.15) is 51.9 Å². The van der Waals surface area contributed by atoms with Crippen LogP contribution in [0.4, 0.5) is 4.79 Å². The highest BCUT2D eigenvalue weighted by molar-refractivity contribution is 5.83. The molecule has 108 valence electrons. The molecule has 1 saturated carbocycles. The smallest absolute Gasteiger partial charge is 0.326 e. The van der Waals surface area contributed by atoms with E-state index < -0.39 is 12.0 Å². The van der Waals surface area contributed by atoms with Crippen molar-refractivity contribution < 1.29 is 14.7 Å². The van der Waals surface area contributed by atoms with E-state index in [1.54, 1.807) is 4.90 Å². The lowest BCUT2D eigenvalue weighted by molar-refractivity contribution is -0.141. The topological polar surface area (TPSA) is 69.6 Å². The number of carboxylic acids is 1. The molecule has 1 aliphatic carbocycles. The minimum Gasteiger partial charge on any atom is -0.480 e. The van der Waals surface area contributed by atoms with Crippen molar-refractivity contribution in [2.75, 3.05) is 6.54 Å². The third kappa shape index (κ3) is 3.39. The summed E-state index contributed by atoms with van der Waals surface area (Å²) in [5, 5.41) is 12.1. The van der Waals surface area contributed by atoms with Gasteiger partial charge in [-0.25, -0.2) is 9.59 Å². The second-order valence-electron chi connectivity index (χ2n) is 5.85. The summed E-state index contributed by atoms with van der Waals surface area (Å²) in [6.45, 7) is 2.76. The van der Waals surface area contributed by atoms with Gasteiger partial charge in [-0.3, -0.25) is 0 Å². The number of carboxylic acid groups (broad SMARTS) is 1. The monoisotopic (exact) mass is 268 g/mol. The van der Waals surface area contributed by atoms with Crippen LogP contribution in [0.2, 0.25) is 0 Å². The van der Waals surface area contributed by atoms with Crippen molar-refractivity contribution in [3.63, 3.8) is 0 Å². The maximum atomic E-state index is 12.2. The molecule has 0 aromatic rings. The Labute approximate surface area is 114 Å². The molecule has 1 heterocycles. The number of aliphatic carboxylic acids is 1. The molecule has 0 aromatic heterocycles. The van der Waals surface area contributed by atoms with Crippen molar-refractivity contribution in [2.45, 2.75) is 64.0 Å². The first kappa shape index (κ1) is 14.2. The zero-order valence-electron chi connectivity index (χ0n) is 11.6. The highest BCUT2D eigenvalue weighted by Crippen LogP contribution is 2.27. The Morgan fingerprint density at radius 1 is 1.16 bits per heavy atom. The van der Waals surface area contributed by atoms with Crippen LogP contribution in [-0.2, 0) is 4.79 Å². The number of urea groups is 1. The summed E-state index contributed by atoms with van der Waals surface area (Å²) in [5.74, 6) is -0.805. The predicted molar refractivity (Wildman–Crippen MR) is 71.9 cm³/mol. The van der Waals surface area contributed by atoms with E-state index in [-0.39, 0.29) is 18.0 Å². The summed E-state index contributed by atoms with van der Waals surface area (Å²) >= 11 is 0. The number of carbonyl (C=O) groups is 2. The van der Waals surface area contributed by atoms with Crippen LogP contribution in [0.5, 0.6) is 0 Å². The van der Waals surface area contributed by atoms with E-state index in [0.717, 1.165) is 45.1 Å². The first-order chi connectivity index (χ1) is 9.09. The van der Waals surface area contributed by atoms with Crippen LogP contribution in [0.25, 0.3) is 0 Å². The van der Waals surface area contributed by atoms with Crippen molar-refractivity contribution in [3.05, 3.63) is 0 Å². The van der Waals surface area contributed by atoms with Gasteiger partial charge in [0.05, 0.1) is 0 Å². The summed E-state index contributed by atoms with van der Waals surface area (Å²) in [6.07, 6.45) is 7.17. The fourth-order valence-corrected chi connectivity index (χ4v) is 3.30. The molecule has 5 nitrogen and oxygen atoms in total. The van der Waals surface area contributed by atoms with Gasteiger partial charge < -0.3 is 15.3 Å². The lowest BCUT2D eigenvalue weighted by atomic mass is 9.84. The first-order valence-electron chi connectivity index (χ1n) is 7.39. The van der Waals surface area contributed by atoms with Gasteiger partial charge in [0.2, 0.25) is 0 Å². The van der Waals surface area contributed by atoms with E-state index in [2.05, 4.69) is 5.32 Å². The molecule has 5 heteroatoms. The zero-order chi connectivity index (χ0) is 13.8. The molecular formula is C14H24N2O3. The maximum absolute atomic E-state index is 12.2. The van der Waals surface area contributed by atoms with E-state index in [4.69, 9.17) is 0 Å². The SMILES string of the molecule is CC1CCCN1C(=O)NC(C(=O)O)C1CCCCC1. The standard InChI is InChI=1S/C14H24N2O3/c1-10-6-5-9-16(10)14(19)15-12(13(17)18)11-7-3-2-4-8-11/h10-12H,2-9H2,1H3,(H,15,19)(H,17,18). The Kier molecular flexibility index (Phi) is 4.66. The van der Waals surface area contributed by atoms with Gasteiger partial charge in [-0.1, -0.05) is 19.3 Å². The summed E-state index contributed by atoms with van der Waals surface area (Å²) in [7, 11) is 0. The Balaban J connectivity index is 1.95. The number of hydrogen-bond donors (Lipinski definition) is 2. The molecule has 1 saturated heterocycles. The van der Waals surface area contributed by atoms with E-state index in [0.29, 0.717) is 0 Å². The Bertz CT molecular complexity index is 340. The molecule has 0 spiro atoms. The van der Waals surface area contributed by atoms with Crippen LogP contribution in [0, 0.1) is 5.92 Å². The second kappa shape index (κ2) is 6.26. The lowest BCUT2D eigenvalue weighted by Crippen LogP contribution is -2.52. The molecule has 2 aliphatic rings. The largest absolute Gasteiger partial charge is 0.480 e. The van der Waals surface area contributed by atoms with Gasteiger partial charge in [-0.2, -0.15) is 0 Å². The third-order valence-electron chi connectivity index (χ3n) is 4.48. The van der Waals surface area contributed by atoms with Gasteiger partial charge >= 0.3 is 12.0 Å². The fourth-order valence-electron chi connectivity index (χ4n) is 3.30. The summed E-state index contributed by atoms with van der Waals surface area (Å²) in [4.78, 5) is 25.3. The molecular weight excluding hydrogens is 244 g/mol. The summed E-state index contributed by atoms with van der Waals surface area (Å²) in [6, 6.07) is -0.704. The summed E-state index contributed by atoms with van der Waals surface area (Å²) in [5.41, 5.74) is 0. The molecule has 2 fully saturated rings. The van der Waals surface area contributed by atoms with Crippen LogP contribution in [-0.4, -0.2) is 40.6 Å². The van der Waals surface area contributed by atoms with Gasteiger partial charge in [-0.15, -0.1) is 0 Å². The molecule has 2 unspecified atom stereocenters. The van der Waals surface area contributed by atoms with E-state index in [1.807, 2.05) is 6.92 Å². The van der Waals surface area contributed by atoms with Crippen molar-refractivity contribution in [1.82, 2.24) is 10.2 Å². The fraction of sp³-hybridized carbons (Fsp3) is 0.857. The molecule has 2 amide bonds. The van der Waals surface area contributed by atoms with Crippen molar-refractivity contribution in [1.29, 1.82) is 0 Å². The molecule has 1 aliphatic heterocycles. The van der Waals surface area contributed by atoms with Crippen molar-refractivity contribution in [2.24, 2.45) is 5.92 Å². The molecule has 0 aromatic carbocycles. The lowest BCUT2D eigenvalue weighted by Gasteiger charge is -2.30. The van der Waals surface area contributed by atoms with Crippen LogP contribution < -0.4 is 5.32 Å². The Morgan fingerprint density at radius 2 is 1.84 bits per heavy atom. The zero-order valence-corrected chi connectivity index (χ0v) is 11.6. The van der Waals surface area contributed by atoms with Crippen molar-refractivity contribution in [3.8, 4) is 0 Å². The number of amides is 2. The van der Waals surface area contributed by atoms with E-state index >= 15 is 0 Å². The number of nitrogens with one attached hydrogen (secondary N) is 1. The highest BCUT2D eigenvalue weighted by atomic mass is 16.4. The van der Waals surface area contributed by atoms with Gasteiger partial charge in [0.1, 0.15) is 6.04 Å². The average Bonchev–Trinajstić information content (AvgIpc) is 2.82. The summed E-state index contributed by atoms with van der Waals surface area (Å²) < 4.78 is 0.